The number of hydrogen-bond donors (Lipinski definition) is 0. The predicted octanol–water partition coefficient (Wildman–Crippen LogP) is 6.18. The fourth-order valence-electron chi connectivity index (χ4n) is 2.68. The molecule has 2 aromatic heterocycles. The molecule has 0 bridgehead atoms. The molecular weight excluding hydrogens is 463 g/mol. The van der Waals surface area contributed by atoms with E-state index in [0.717, 1.165) is 15.7 Å². The number of benzene rings is 2. The van der Waals surface area contributed by atoms with Gasteiger partial charge in [0.25, 0.3) is 0 Å². The molecule has 0 amide bonds. The Morgan fingerprint density at radius 2 is 1.75 bits per heavy atom. The van der Waals surface area contributed by atoms with Crippen LogP contribution in [0.1, 0.15) is 5.56 Å². The number of aromatic nitrogens is 4. The normalized spacial score (nSPS) is 11.0. The lowest BCUT2D eigenvalue weighted by atomic mass is 10.2. The van der Waals surface area contributed by atoms with Gasteiger partial charge in [0.05, 0.1) is 0 Å². The predicted molar refractivity (Wildman–Crippen MR) is 113 cm³/mol. The van der Waals surface area contributed by atoms with Gasteiger partial charge >= 0.3 is 0 Å². The summed E-state index contributed by atoms with van der Waals surface area (Å²) in [5, 5.41) is 9.76. The molecule has 4 aromatic rings. The van der Waals surface area contributed by atoms with Crippen LogP contribution in [0, 0.1) is 5.82 Å². The smallest absolute Gasteiger partial charge is 0.196 e. The zero-order chi connectivity index (χ0) is 19.5. The van der Waals surface area contributed by atoms with Crippen molar-refractivity contribution in [2.75, 3.05) is 0 Å². The van der Waals surface area contributed by atoms with E-state index in [-0.39, 0.29) is 5.82 Å². The Balaban J connectivity index is 1.75. The molecule has 0 saturated carbocycles. The first kappa shape index (κ1) is 19.1. The minimum atomic E-state index is -0.330. The molecule has 2 aromatic carbocycles. The van der Waals surface area contributed by atoms with Gasteiger partial charge in [0.15, 0.2) is 11.0 Å². The summed E-state index contributed by atoms with van der Waals surface area (Å²) in [5.41, 5.74) is 2.24. The van der Waals surface area contributed by atoms with Gasteiger partial charge in [-0.05, 0) is 48.5 Å². The van der Waals surface area contributed by atoms with Gasteiger partial charge in [-0.25, -0.2) is 4.39 Å². The molecule has 0 aliphatic heterocycles. The first-order valence-electron chi connectivity index (χ1n) is 8.31. The van der Waals surface area contributed by atoms with E-state index in [0.29, 0.717) is 27.3 Å². The van der Waals surface area contributed by atoms with Gasteiger partial charge in [-0.15, -0.1) is 10.2 Å². The number of halogens is 3. The molecule has 2 heterocycles. The molecule has 0 saturated heterocycles. The number of rotatable bonds is 5. The second-order valence-electron chi connectivity index (χ2n) is 5.84. The van der Waals surface area contributed by atoms with Crippen LogP contribution in [0.15, 0.2) is 76.6 Å². The summed E-state index contributed by atoms with van der Waals surface area (Å²) in [6.45, 7) is 0. The van der Waals surface area contributed by atoms with Crippen molar-refractivity contribution in [1.82, 2.24) is 19.7 Å². The van der Waals surface area contributed by atoms with Crippen LogP contribution in [0.3, 0.4) is 0 Å². The molecule has 0 spiro atoms. The SMILES string of the molecule is Fc1cccc(Cl)c1CSc1nnc(-c2ccncc2)n1-c1ccc(Br)cc1. The van der Waals surface area contributed by atoms with Crippen molar-refractivity contribution in [3.63, 3.8) is 0 Å². The molecule has 0 N–H and O–H groups in total. The van der Waals surface area contributed by atoms with Gasteiger partial charge in [0, 0.05) is 44.5 Å². The van der Waals surface area contributed by atoms with Crippen molar-refractivity contribution >= 4 is 39.3 Å². The average molecular weight is 476 g/mol. The van der Waals surface area contributed by atoms with Gasteiger partial charge in [-0.1, -0.05) is 45.4 Å². The van der Waals surface area contributed by atoms with E-state index in [4.69, 9.17) is 11.6 Å². The minimum Gasteiger partial charge on any atom is -0.270 e. The van der Waals surface area contributed by atoms with Crippen LogP contribution in [0.5, 0.6) is 0 Å². The van der Waals surface area contributed by atoms with Crippen molar-refractivity contribution in [3.8, 4) is 17.1 Å². The lowest BCUT2D eigenvalue weighted by Gasteiger charge is -2.11. The van der Waals surface area contributed by atoms with Gasteiger partial charge in [0.2, 0.25) is 0 Å². The zero-order valence-corrected chi connectivity index (χ0v) is 17.5. The molecule has 0 atom stereocenters. The monoisotopic (exact) mass is 474 g/mol. The van der Waals surface area contributed by atoms with Crippen molar-refractivity contribution in [1.29, 1.82) is 0 Å². The topological polar surface area (TPSA) is 43.6 Å². The first-order chi connectivity index (χ1) is 13.6. The maximum atomic E-state index is 14.1. The Morgan fingerprint density at radius 3 is 2.46 bits per heavy atom. The summed E-state index contributed by atoms with van der Waals surface area (Å²) in [6.07, 6.45) is 3.42. The fourth-order valence-corrected chi connectivity index (χ4v) is 4.24. The van der Waals surface area contributed by atoms with Crippen LogP contribution in [0.25, 0.3) is 17.1 Å². The Morgan fingerprint density at radius 1 is 1.00 bits per heavy atom. The lowest BCUT2D eigenvalue weighted by Crippen LogP contribution is -2.00. The Bertz CT molecular complexity index is 1080. The van der Waals surface area contributed by atoms with E-state index >= 15 is 0 Å². The molecule has 4 rings (SSSR count). The Labute approximate surface area is 178 Å². The molecule has 4 nitrogen and oxygen atoms in total. The van der Waals surface area contributed by atoms with Crippen molar-refractivity contribution in [3.05, 3.63) is 87.9 Å². The van der Waals surface area contributed by atoms with Crippen LogP contribution in [0.2, 0.25) is 5.02 Å². The molecule has 140 valence electrons. The van der Waals surface area contributed by atoms with Crippen LogP contribution < -0.4 is 0 Å². The molecule has 28 heavy (non-hydrogen) atoms. The maximum absolute atomic E-state index is 14.1. The maximum Gasteiger partial charge on any atom is 0.196 e. The zero-order valence-electron chi connectivity index (χ0n) is 14.4. The molecule has 0 unspecified atom stereocenters. The summed E-state index contributed by atoms with van der Waals surface area (Å²) < 4.78 is 17.1. The van der Waals surface area contributed by atoms with Crippen molar-refractivity contribution in [2.45, 2.75) is 10.9 Å². The number of pyridine rings is 1. The largest absolute Gasteiger partial charge is 0.270 e. The summed E-state index contributed by atoms with van der Waals surface area (Å²) in [4.78, 5) is 4.06. The van der Waals surface area contributed by atoms with E-state index in [1.807, 2.05) is 41.0 Å². The highest BCUT2D eigenvalue weighted by atomic mass is 79.9. The summed E-state index contributed by atoms with van der Waals surface area (Å²) in [6, 6.07) is 16.3. The second-order valence-corrected chi connectivity index (χ2v) is 8.11. The third-order valence-corrected chi connectivity index (χ3v) is 5.90. The van der Waals surface area contributed by atoms with Crippen LogP contribution in [-0.2, 0) is 5.75 Å². The fraction of sp³-hybridized carbons (Fsp3) is 0.0500. The van der Waals surface area contributed by atoms with Gasteiger partial charge < -0.3 is 0 Å². The van der Waals surface area contributed by atoms with Crippen LogP contribution in [-0.4, -0.2) is 19.7 Å². The summed E-state index contributed by atoms with van der Waals surface area (Å²) >= 11 is 11.0. The first-order valence-corrected chi connectivity index (χ1v) is 10.5. The van der Waals surface area contributed by atoms with E-state index in [1.165, 1.54) is 17.8 Å². The molecule has 0 radical (unpaired) electrons. The third-order valence-electron chi connectivity index (χ3n) is 4.06. The van der Waals surface area contributed by atoms with Crippen LogP contribution >= 0.6 is 39.3 Å². The quantitative estimate of drug-likeness (QED) is 0.323. The summed E-state index contributed by atoms with van der Waals surface area (Å²) in [7, 11) is 0. The standard InChI is InChI=1S/C20H13BrClFN4S/c21-14-4-6-15(7-5-14)27-19(13-8-10-24-11-9-13)25-26-20(27)28-12-16-17(22)2-1-3-18(16)23/h1-11H,12H2. The minimum absolute atomic E-state index is 0.330. The van der Waals surface area contributed by atoms with E-state index < -0.39 is 0 Å². The highest BCUT2D eigenvalue weighted by Crippen LogP contribution is 2.32. The molecule has 0 aliphatic carbocycles. The van der Waals surface area contributed by atoms with Crippen LogP contribution in [0.4, 0.5) is 4.39 Å². The molecule has 8 heteroatoms. The molecular formula is C20H13BrClFN4S. The molecule has 0 fully saturated rings. The van der Waals surface area contributed by atoms with Crippen molar-refractivity contribution < 1.29 is 4.39 Å². The Hall–Kier alpha value is -2.22. The van der Waals surface area contributed by atoms with Gasteiger partial charge in [0.1, 0.15) is 5.82 Å². The summed E-state index contributed by atoms with van der Waals surface area (Å²) in [5.74, 6) is 0.701. The number of nitrogens with zero attached hydrogens (tertiary/aromatic N) is 4. The number of hydrogen-bond acceptors (Lipinski definition) is 4. The highest BCUT2D eigenvalue weighted by Gasteiger charge is 2.17. The molecule has 0 aliphatic rings. The number of thioether (sulfide) groups is 1. The average Bonchev–Trinajstić information content (AvgIpc) is 3.13. The van der Waals surface area contributed by atoms with Gasteiger partial charge in [-0.3, -0.25) is 9.55 Å². The van der Waals surface area contributed by atoms with E-state index in [1.54, 1.807) is 24.5 Å². The van der Waals surface area contributed by atoms with E-state index in [2.05, 4.69) is 31.1 Å². The lowest BCUT2D eigenvalue weighted by molar-refractivity contribution is 0.617. The van der Waals surface area contributed by atoms with E-state index in [9.17, 15) is 4.39 Å². The Kier molecular flexibility index (Phi) is 5.75. The third kappa shape index (κ3) is 3.97. The second kappa shape index (κ2) is 8.43. The van der Waals surface area contributed by atoms with Crippen molar-refractivity contribution in [2.24, 2.45) is 0 Å². The highest BCUT2D eigenvalue weighted by molar-refractivity contribution is 9.10. The van der Waals surface area contributed by atoms with Gasteiger partial charge in [-0.2, -0.15) is 0 Å².